The molecule has 140 valence electrons. The van der Waals surface area contributed by atoms with E-state index >= 15 is 0 Å². The van der Waals surface area contributed by atoms with Crippen LogP contribution in [0.4, 0.5) is 0 Å². The van der Waals surface area contributed by atoms with Crippen molar-refractivity contribution >= 4 is 15.7 Å². The summed E-state index contributed by atoms with van der Waals surface area (Å²) in [5.74, 6) is 1.08. The third-order valence-electron chi connectivity index (χ3n) is 4.62. The molecule has 0 aliphatic carbocycles. The average molecular weight is 377 g/mol. The van der Waals surface area contributed by atoms with Gasteiger partial charge in [0, 0.05) is 12.6 Å². The number of nitrogens with zero attached hydrogens (tertiary/aromatic N) is 1. The van der Waals surface area contributed by atoms with Gasteiger partial charge >= 0.3 is 0 Å². The van der Waals surface area contributed by atoms with Gasteiger partial charge in [-0.2, -0.15) is 0 Å². The fraction of sp³-hybridized carbons (Fsp3) is 0.421. The molecule has 1 amide bonds. The van der Waals surface area contributed by atoms with E-state index in [2.05, 4.69) is 0 Å². The first-order chi connectivity index (χ1) is 12.4. The number of rotatable bonds is 6. The zero-order valence-corrected chi connectivity index (χ0v) is 15.8. The third kappa shape index (κ3) is 4.09. The van der Waals surface area contributed by atoms with E-state index < -0.39 is 9.84 Å². The van der Waals surface area contributed by atoms with Crippen LogP contribution in [-0.4, -0.2) is 43.3 Å². The van der Waals surface area contributed by atoms with Crippen molar-refractivity contribution in [1.82, 2.24) is 4.90 Å². The second-order valence-corrected chi connectivity index (χ2v) is 8.74. The van der Waals surface area contributed by atoms with E-state index in [9.17, 15) is 13.2 Å². The summed E-state index contributed by atoms with van der Waals surface area (Å²) < 4.78 is 34.6. The number of benzene rings is 1. The number of furan rings is 1. The minimum Gasteiger partial charge on any atom is -0.486 e. The van der Waals surface area contributed by atoms with Gasteiger partial charge in [0.2, 0.25) is 0 Å². The van der Waals surface area contributed by atoms with Crippen molar-refractivity contribution < 1.29 is 22.4 Å². The largest absolute Gasteiger partial charge is 0.486 e. The van der Waals surface area contributed by atoms with E-state index in [0.717, 1.165) is 5.56 Å². The van der Waals surface area contributed by atoms with Crippen LogP contribution in [0.1, 0.15) is 35.0 Å². The van der Waals surface area contributed by atoms with Gasteiger partial charge in [-0.25, -0.2) is 8.42 Å². The molecule has 0 bridgehead atoms. The Morgan fingerprint density at radius 1 is 1.27 bits per heavy atom. The van der Waals surface area contributed by atoms with Crippen LogP contribution >= 0.6 is 0 Å². The number of hydrogen-bond acceptors (Lipinski definition) is 5. The fourth-order valence-electron chi connectivity index (χ4n) is 3.17. The zero-order chi connectivity index (χ0) is 18.7. The van der Waals surface area contributed by atoms with Gasteiger partial charge < -0.3 is 14.1 Å². The van der Waals surface area contributed by atoms with Gasteiger partial charge in [0.1, 0.15) is 12.4 Å². The van der Waals surface area contributed by atoms with Crippen molar-refractivity contribution in [2.24, 2.45) is 0 Å². The molecule has 0 radical (unpaired) electrons. The van der Waals surface area contributed by atoms with Gasteiger partial charge in [-0.05, 0) is 38.5 Å². The van der Waals surface area contributed by atoms with E-state index in [4.69, 9.17) is 9.15 Å². The molecule has 1 saturated heterocycles. The molecule has 1 fully saturated rings. The predicted octanol–water partition coefficient (Wildman–Crippen LogP) is 2.82. The first-order valence-electron chi connectivity index (χ1n) is 8.67. The van der Waals surface area contributed by atoms with Gasteiger partial charge in [-0.15, -0.1) is 0 Å². The van der Waals surface area contributed by atoms with Gasteiger partial charge in [-0.1, -0.05) is 17.7 Å². The molecule has 1 aromatic heterocycles. The van der Waals surface area contributed by atoms with Crippen LogP contribution in [0.15, 0.2) is 41.0 Å². The summed E-state index contributed by atoms with van der Waals surface area (Å²) in [6, 6.07) is 8.95. The Morgan fingerprint density at radius 3 is 2.62 bits per heavy atom. The molecule has 26 heavy (non-hydrogen) atoms. The molecule has 6 nitrogen and oxygen atoms in total. The Labute approximate surface area is 153 Å². The molecular formula is C19H23NO5S. The van der Waals surface area contributed by atoms with Crippen LogP contribution in [0.3, 0.4) is 0 Å². The lowest BCUT2D eigenvalue weighted by atomic mass is 10.1. The lowest BCUT2D eigenvalue weighted by molar-refractivity contribution is 0.0703. The van der Waals surface area contributed by atoms with Crippen LogP contribution in [0.25, 0.3) is 0 Å². The predicted molar refractivity (Wildman–Crippen MR) is 98.0 cm³/mol. The van der Waals surface area contributed by atoms with Crippen molar-refractivity contribution in [2.45, 2.75) is 32.9 Å². The Morgan fingerprint density at radius 2 is 2.00 bits per heavy atom. The molecule has 2 aromatic rings. The topological polar surface area (TPSA) is 76.8 Å². The number of hydrogen-bond donors (Lipinski definition) is 0. The van der Waals surface area contributed by atoms with Crippen molar-refractivity contribution in [3.8, 4) is 5.75 Å². The van der Waals surface area contributed by atoms with Gasteiger partial charge in [0.25, 0.3) is 5.91 Å². The van der Waals surface area contributed by atoms with Crippen LogP contribution in [0.2, 0.25) is 0 Å². The number of aryl methyl sites for hydroxylation is 1. The maximum Gasteiger partial charge on any atom is 0.257 e. The second kappa shape index (κ2) is 7.53. The van der Waals surface area contributed by atoms with Crippen LogP contribution < -0.4 is 4.74 Å². The molecule has 0 spiro atoms. The van der Waals surface area contributed by atoms with Gasteiger partial charge in [0.05, 0.1) is 23.3 Å². The normalized spacial score (nSPS) is 18.6. The molecule has 3 rings (SSSR count). The first kappa shape index (κ1) is 18.5. The molecular weight excluding hydrogens is 354 g/mol. The third-order valence-corrected chi connectivity index (χ3v) is 6.37. The Bertz CT molecular complexity index is 870. The Kier molecular flexibility index (Phi) is 5.36. The summed E-state index contributed by atoms with van der Waals surface area (Å²) in [6.07, 6.45) is 1.94. The fourth-order valence-corrected chi connectivity index (χ4v) is 4.90. The van der Waals surface area contributed by atoms with E-state index in [1.54, 1.807) is 11.0 Å². The van der Waals surface area contributed by atoms with Gasteiger partial charge in [0.15, 0.2) is 15.6 Å². The summed E-state index contributed by atoms with van der Waals surface area (Å²) in [4.78, 5) is 14.5. The maximum atomic E-state index is 12.9. The van der Waals surface area contributed by atoms with E-state index in [1.165, 1.54) is 6.26 Å². The second-order valence-electron chi connectivity index (χ2n) is 6.51. The van der Waals surface area contributed by atoms with Crippen molar-refractivity contribution in [2.75, 3.05) is 18.1 Å². The monoisotopic (exact) mass is 377 g/mol. The van der Waals surface area contributed by atoms with Crippen LogP contribution in [-0.2, 0) is 16.4 Å². The highest BCUT2D eigenvalue weighted by atomic mass is 32.2. The van der Waals surface area contributed by atoms with Gasteiger partial charge in [-0.3, -0.25) is 4.79 Å². The highest BCUT2D eigenvalue weighted by molar-refractivity contribution is 7.91. The van der Waals surface area contributed by atoms with Crippen LogP contribution in [0.5, 0.6) is 5.75 Å². The number of sulfone groups is 1. The molecule has 1 aromatic carbocycles. The number of amides is 1. The SMILES string of the molecule is CCN(C(=O)c1ccoc1COc1ccc(C)cc1)C1CCS(=O)(=O)C1. The Hall–Kier alpha value is -2.28. The molecule has 1 aliphatic rings. The van der Waals surface area contributed by atoms with E-state index in [0.29, 0.717) is 30.0 Å². The van der Waals surface area contributed by atoms with E-state index in [-0.39, 0.29) is 30.1 Å². The highest BCUT2D eigenvalue weighted by Gasteiger charge is 2.35. The number of carbonyl (C=O) groups excluding carboxylic acids is 1. The summed E-state index contributed by atoms with van der Waals surface area (Å²) >= 11 is 0. The smallest absolute Gasteiger partial charge is 0.257 e. The quantitative estimate of drug-likeness (QED) is 0.774. The molecule has 7 heteroatoms. The minimum absolute atomic E-state index is 0.0274. The van der Waals surface area contributed by atoms with Crippen molar-refractivity contribution in [3.05, 3.63) is 53.5 Å². The molecule has 0 N–H and O–H groups in total. The lowest BCUT2D eigenvalue weighted by Gasteiger charge is -2.26. The molecule has 1 atom stereocenters. The van der Waals surface area contributed by atoms with Crippen LogP contribution in [0, 0.1) is 6.92 Å². The first-order valence-corrected chi connectivity index (χ1v) is 10.5. The van der Waals surface area contributed by atoms with E-state index in [1.807, 2.05) is 38.1 Å². The zero-order valence-electron chi connectivity index (χ0n) is 15.0. The van der Waals surface area contributed by atoms with Crippen molar-refractivity contribution in [1.29, 1.82) is 0 Å². The maximum absolute atomic E-state index is 12.9. The lowest BCUT2D eigenvalue weighted by Crippen LogP contribution is -2.41. The summed E-state index contributed by atoms with van der Waals surface area (Å²) in [6.45, 7) is 4.43. The minimum atomic E-state index is -3.05. The van der Waals surface area contributed by atoms with Crippen molar-refractivity contribution in [3.63, 3.8) is 0 Å². The molecule has 0 saturated carbocycles. The molecule has 1 unspecified atom stereocenters. The number of ether oxygens (including phenoxy) is 1. The summed E-state index contributed by atoms with van der Waals surface area (Å²) in [5, 5.41) is 0. The summed E-state index contributed by atoms with van der Waals surface area (Å²) in [7, 11) is -3.05. The highest BCUT2D eigenvalue weighted by Crippen LogP contribution is 2.23. The molecule has 2 heterocycles. The Balaban J connectivity index is 1.72. The number of carbonyl (C=O) groups is 1. The summed E-state index contributed by atoms with van der Waals surface area (Å²) in [5.41, 5.74) is 1.56. The standard InChI is InChI=1S/C19H23NO5S/c1-3-20(15-9-11-26(22,23)13-15)19(21)17-8-10-24-18(17)12-25-16-6-4-14(2)5-7-16/h4-8,10,15H,3,9,11-13H2,1-2H3. The molecule has 1 aliphatic heterocycles. The average Bonchev–Trinajstić information content (AvgIpc) is 3.21.